The summed E-state index contributed by atoms with van der Waals surface area (Å²) in [6.07, 6.45) is 1.36. The number of nitrogens with one attached hydrogen (secondary N) is 1. The van der Waals surface area contributed by atoms with Crippen molar-refractivity contribution in [2.24, 2.45) is 0 Å². The Balaban J connectivity index is 1.73. The zero-order chi connectivity index (χ0) is 20.1. The second-order valence-corrected chi connectivity index (χ2v) is 8.16. The third kappa shape index (κ3) is 4.58. The summed E-state index contributed by atoms with van der Waals surface area (Å²) in [6, 6.07) is 13.0. The topological polar surface area (TPSA) is 92.8 Å². The van der Waals surface area contributed by atoms with Gasteiger partial charge in [0, 0.05) is 25.2 Å². The number of hydrogen-bond donors (Lipinski definition) is 1. The van der Waals surface area contributed by atoms with Crippen molar-refractivity contribution < 1.29 is 22.7 Å². The number of esters is 1. The van der Waals surface area contributed by atoms with Crippen LogP contribution in [0.1, 0.15) is 35.7 Å². The summed E-state index contributed by atoms with van der Waals surface area (Å²) in [7, 11) is -3.81. The van der Waals surface area contributed by atoms with Crippen LogP contribution in [0.25, 0.3) is 0 Å². The number of nitrogens with zero attached hydrogens (tertiary/aromatic N) is 1. The maximum Gasteiger partial charge on any atom is 0.338 e. The van der Waals surface area contributed by atoms with E-state index in [0.29, 0.717) is 13.0 Å². The lowest BCUT2D eigenvalue weighted by atomic mass is 10.2. The molecular formula is C20H22N2O5S. The zero-order valence-corrected chi connectivity index (χ0v) is 16.4. The second kappa shape index (κ2) is 8.53. The first-order valence-corrected chi connectivity index (χ1v) is 10.5. The van der Waals surface area contributed by atoms with Gasteiger partial charge in [0.2, 0.25) is 15.9 Å². The molecule has 0 saturated carbocycles. The normalized spacial score (nSPS) is 14.3. The van der Waals surface area contributed by atoms with Crippen LogP contribution in [0.15, 0.2) is 53.4 Å². The predicted molar refractivity (Wildman–Crippen MR) is 104 cm³/mol. The van der Waals surface area contributed by atoms with Crippen molar-refractivity contribution in [3.63, 3.8) is 0 Å². The van der Waals surface area contributed by atoms with Gasteiger partial charge in [0.05, 0.1) is 17.1 Å². The van der Waals surface area contributed by atoms with Crippen LogP contribution in [0, 0.1) is 0 Å². The maximum absolute atomic E-state index is 12.6. The molecule has 0 atom stereocenters. The largest absolute Gasteiger partial charge is 0.462 e. The minimum Gasteiger partial charge on any atom is -0.462 e. The van der Waals surface area contributed by atoms with Gasteiger partial charge in [-0.3, -0.25) is 4.79 Å². The summed E-state index contributed by atoms with van der Waals surface area (Å²) in [5, 5.41) is 0. The van der Waals surface area contributed by atoms with Crippen LogP contribution in [0.2, 0.25) is 0 Å². The minimum atomic E-state index is -3.81. The lowest BCUT2D eigenvalue weighted by molar-refractivity contribution is -0.117. The molecule has 1 aliphatic heterocycles. The molecule has 1 heterocycles. The summed E-state index contributed by atoms with van der Waals surface area (Å²) in [5.41, 5.74) is 1.69. The summed E-state index contributed by atoms with van der Waals surface area (Å²) < 4.78 is 32.7. The predicted octanol–water partition coefficient (Wildman–Crippen LogP) is 2.47. The molecule has 0 radical (unpaired) electrons. The fourth-order valence-corrected chi connectivity index (χ4v) is 4.08. The quantitative estimate of drug-likeness (QED) is 0.718. The number of ether oxygens (including phenoxy) is 1. The van der Waals surface area contributed by atoms with Gasteiger partial charge in [-0.25, -0.2) is 17.9 Å². The zero-order valence-electron chi connectivity index (χ0n) is 15.6. The lowest BCUT2D eigenvalue weighted by Gasteiger charge is -2.16. The third-order valence-electron chi connectivity index (χ3n) is 4.42. The first-order valence-electron chi connectivity index (χ1n) is 9.07. The molecule has 0 unspecified atom stereocenters. The van der Waals surface area contributed by atoms with E-state index in [0.717, 1.165) is 17.7 Å². The lowest BCUT2D eigenvalue weighted by Crippen LogP contribution is -2.25. The number of carbonyl (C=O) groups excluding carboxylic acids is 2. The van der Waals surface area contributed by atoms with Crippen molar-refractivity contribution in [2.45, 2.75) is 31.2 Å². The number of amides is 1. The SMILES string of the molecule is CCOC(=O)c1cccc(S(=O)(=O)NCc2cccc(N3CCCC3=O)c2)c1. The molecule has 0 bridgehead atoms. The molecule has 28 heavy (non-hydrogen) atoms. The maximum atomic E-state index is 12.6. The number of carbonyl (C=O) groups is 2. The molecule has 1 fully saturated rings. The Bertz CT molecular complexity index is 988. The standard InChI is InChI=1S/C20H22N2O5S/c1-2-27-20(24)16-7-4-9-18(13-16)28(25,26)21-14-15-6-3-8-17(12-15)22-11-5-10-19(22)23/h3-4,6-9,12-13,21H,2,5,10-11,14H2,1H3. The van der Waals surface area contributed by atoms with E-state index < -0.39 is 16.0 Å². The van der Waals surface area contributed by atoms with Crippen LogP contribution in [-0.2, 0) is 26.1 Å². The van der Waals surface area contributed by atoms with E-state index in [-0.39, 0.29) is 29.5 Å². The second-order valence-electron chi connectivity index (χ2n) is 6.39. The Morgan fingerprint density at radius 3 is 2.68 bits per heavy atom. The average molecular weight is 402 g/mol. The molecule has 1 amide bonds. The van der Waals surface area contributed by atoms with E-state index in [2.05, 4.69) is 4.72 Å². The fraction of sp³-hybridized carbons (Fsp3) is 0.300. The Labute approximate surface area is 164 Å². The highest BCUT2D eigenvalue weighted by atomic mass is 32.2. The summed E-state index contributed by atoms with van der Waals surface area (Å²) in [4.78, 5) is 25.4. The molecule has 3 rings (SSSR count). The molecule has 0 aromatic heterocycles. The first-order chi connectivity index (χ1) is 13.4. The van der Waals surface area contributed by atoms with Gasteiger partial charge in [-0.05, 0) is 49.2 Å². The molecule has 1 N–H and O–H groups in total. The molecule has 0 spiro atoms. The van der Waals surface area contributed by atoms with Gasteiger partial charge in [-0.1, -0.05) is 18.2 Å². The molecule has 8 heteroatoms. The summed E-state index contributed by atoms with van der Waals surface area (Å²) in [5.74, 6) is -0.490. The number of benzene rings is 2. The number of anilines is 1. The van der Waals surface area contributed by atoms with Crippen LogP contribution < -0.4 is 9.62 Å². The Hall–Kier alpha value is -2.71. The van der Waals surface area contributed by atoms with E-state index >= 15 is 0 Å². The van der Waals surface area contributed by atoms with Gasteiger partial charge in [0.1, 0.15) is 0 Å². The average Bonchev–Trinajstić information content (AvgIpc) is 3.13. The van der Waals surface area contributed by atoms with Gasteiger partial charge < -0.3 is 9.64 Å². The monoisotopic (exact) mass is 402 g/mol. The van der Waals surface area contributed by atoms with Crippen molar-refractivity contribution in [3.8, 4) is 0 Å². The van der Waals surface area contributed by atoms with Crippen LogP contribution in [-0.4, -0.2) is 33.4 Å². The summed E-state index contributed by atoms with van der Waals surface area (Å²) in [6.45, 7) is 2.64. The highest BCUT2D eigenvalue weighted by Gasteiger charge is 2.22. The highest BCUT2D eigenvalue weighted by molar-refractivity contribution is 7.89. The molecule has 2 aromatic rings. The fourth-order valence-electron chi connectivity index (χ4n) is 3.02. The summed E-state index contributed by atoms with van der Waals surface area (Å²) >= 11 is 0. The minimum absolute atomic E-state index is 0.0103. The molecule has 148 valence electrons. The number of hydrogen-bond acceptors (Lipinski definition) is 5. The van der Waals surface area contributed by atoms with Crippen LogP contribution in [0.4, 0.5) is 5.69 Å². The molecule has 7 nitrogen and oxygen atoms in total. The molecule has 2 aromatic carbocycles. The van der Waals surface area contributed by atoms with Crippen molar-refractivity contribution in [1.29, 1.82) is 0 Å². The van der Waals surface area contributed by atoms with Crippen LogP contribution in [0.3, 0.4) is 0 Å². The van der Waals surface area contributed by atoms with Gasteiger partial charge >= 0.3 is 5.97 Å². The van der Waals surface area contributed by atoms with Crippen molar-refractivity contribution >= 4 is 27.6 Å². The van der Waals surface area contributed by atoms with E-state index in [9.17, 15) is 18.0 Å². The number of rotatable bonds is 7. The van der Waals surface area contributed by atoms with Crippen molar-refractivity contribution in [3.05, 3.63) is 59.7 Å². The van der Waals surface area contributed by atoms with Crippen molar-refractivity contribution in [1.82, 2.24) is 4.72 Å². The Morgan fingerprint density at radius 2 is 1.96 bits per heavy atom. The Kier molecular flexibility index (Phi) is 6.11. The smallest absolute Gasteiger partial charge is 0.338 e. The van der Waals surface area contributed by atoms with E-state index in [1.54, 1.807) is 30.0 Å². The van der Waals surface area contributed by atoms with E-state index in [1.165, 1.54) is 24.3 Å². The van der Waals surface area contributed by atoms with Crippen LogP contribution in [0.5, 0.6) is 0 Å². The Morgan fingerprint density at radius 1 is 1.18 bits per heavy atom. The van der Waals surface area contributed by atoms with Gasteiger partial charge in [-0.2, -0.15) is 0 Å². The molecule has 1 saturated heterocycles. The number of sulfonamides is 1. The first kappa shape index (κ1) is 20.0. The molecule has 0 aliphatic carbocycles. The van der Waals surface area contributed by atoms with Gasteiger partial charge in [-0.15, -0.1) is 0 Å². The van der Waals surface area contributed by atoms with Gasteiger partial charge in [0.25, 0.3) is 0 Å². The van der Waals surface area contributed by atoms with E-state index in [4.69, 9.17) is 4.74 Å². The molecular weight excluding hydrogens is 380 g/mol. The highest BCUT2D eigenvalue weighted by Crippen LogP contribution is 2.22. The van der Waals surface area contributed by atoms with E-state index in [1.807, 2.05) is 6.07 Å². The van der Waals surface area contributed by atoms with Crippen molar-refractivity contribution in [2.75, 3.05) is 18.1 Å². The van der Waals surface area contributed by atoms with Gasteiger partial charge in [0.15, 0.2) is 0 Å². The van der Waals surface area contributed by atoms with Crippen LogP contribution >= 0.6 is 0 Å². The third-order valence-corrected chi connectivity index (χ3v) is 5.82. The molecule has 1 aliphatic rings.